The number of hydrogen-bond acceptors (Lipinski definition) is 2. The van der Waals surface area contributed by atoms with E-state index < -0.39 is 0 Å². The highest BCUT2D eigenvalue weighted by Gasteiger charge is 2.03. The van der Waals surface area contributed by atoms with Gasteiger partial charge in [0.25, 0.3) is 0 Å². The van der Waals surface area contributed by atoms with E-state index in [0.29, 0.717) is 5.02 Å². The number of nitrogens with one attached hydrogen (secondary N) is 1. The molecule has 0 heterocycles. The third-order valence-electron chi connectivity index (χ3n) is 2.04. The van der Waals surface area contributed by atoms with Crippen molar-refractivity contribution in [1.82, 2.24) is 0 Å². The van der Waals surface area contributed by atoms with Gasteiger partial charge in [-0.15, -0.1) is 0 Å². The zero-order chi connectivity index (χ0) is 11.4. The Bertz CT molecular complexity index is 460. The molecule has 0 aliphatic heterocycles. The standard InChI is InChI=1S/C12H10Cl2N2/c13-10-5-4-8-12(9-10)16(14)15-11-6-2-1-3-7-11/h1-9,15H. The van der Waals surface area contributed by atoms with E-state index in [2.05, 4.69) is 5.43 Å². The Hall–Kier alpha value is -1.38. The molecule has 0 aromatic heterocycles. The lowest BCUT2D eigenvalue weighted by atomic mass is 10.3. The zero-order valence-corrected chi connectivity index (χ0v) is 9.91. The van der Waals surface area contributed by atoms with Crippen LogP contribution in [0.2, 0.25) is 5.02 Å². The molecule has 0 aliphatic carbocycles. The lowest BCUT2D eigenvalue weighted by Gasteiger charge is -2.18. The molecule has 0 saturated heterocycles. The fourth-order valence-electron chi connectivity index (χ4n) is 1.29. The molecule has 0 unspecified atom stereocenters. The Morgan fingerprint density at radius 3 is 2.38 bits per heavy atom. The first-order chi connectivity index (χ1) is 7.75. The van der Waals surface area contributed by atoms with E-state index >= 15 is 0 Å². The van der Waals surface area contributed by atoms with Gasteiger partial charge in [0, 0.05) is 16.8 Å². The summed E-state index contributed by atoms with van der Waals surface area (Å²) in [6.45, 7) is 0. The molecule has 82 valence electrons. The molecular weight excluding hydrogens is 243 g/mol. The molecule has 0 atom stereocenters. The summed E-state index contributed by atoms with van der Waals surface area (Å²) in [6, 6.07) is 17.0. The molecule has 1 N–H and O–H groups in total. The maximum Gasteiger partial charge on any atom is 0.0775 e. The normalized spacial score (nSPS) is 9.88. The molecule has 4 heteroatoms. The molecular formula is C12H10Cl2N2. The Labute approximate surface area is 104 Å². The summed E-state index contributed by atoms with van der Waals surface area (Å²) in [6.07, 6.45) is 0. The van der Waals surface area contributed by atoms with Gasteiger partial charge in [-0.05, 0) is 30.3 Å². The largest absolute Gasteiger partial charge is 0.284 e. The van der Waals surface area contributed by atoms with Crippen molar-refractivity contribution < 1.29 is 0 Å². The fourth-order valence-corrected chi connectivity index (χ4v) is 1.68. The van der Waals surface area contributed by atoms with E-state index in [-0.39, 0.29) is 0 Å². The molecule has 0 radical (unpaired) electrons. The topological polar surface area (TPSA) is 15.3 Å². The Morgan fingerprint density at radius 1 is 0.938 bits per heavy atom. The molecule has 0 fully saturated rings. The van der Waals surface area contributed by atoms with Crippen LogP contribution in [0.4, 0.5) is 11.4 Å². The van der Waals surface area contributed by atoms with Crippen LogP contribution in [-0.4, -0.2) is 0 Å². The van der Waals surface area contributed by atoms with E-state index in [1.165, 1.54) is 4.53 Å². The van der Waals surface area contributed by atoms with Gasteiger partial charge in [-0.1, -0.05) is 35.9 Å². The van der Waals surface area contributed by atoms with Crippen LogP contribution in [-0.2, 0) is 0 Å². The quantitative estimate of drug-likeness (QED) is 0.647. The van der Waals surface area contributed by atoms with E-state index in [0.717, 1.165) is 11.4 Å². The summed E-state index contributed by atoms with van der Waals surface area (Å²) >= 11 is 12.0. The van der Waals surface area contributed by atoms with Crippen LogP contribution in [0.3, 0.4) is 0 Å². The summed E-state index contributed by atoms with van der Waals surface area (Å²) in [5, 5.41) is 0.651. The van der Waals surface area contributed by atoms with Gasteiger partial charge >= 0.3 is 0 Å². The first-order valence-electron chi connectivity index (χ1n) is 4.79. The number of rotatable bonds is 3. The lowest BCUT2D eigenvalue weighted by molar-refractivity contribution is 1.27. The zero-order valence-electron chi connectivity index (χ0n) is 8.40. The third kappa shape index (κ3) is 2.81. The van der Waals surface area contributed by atoms with Crippen molar-refractivity contribution in [2.24, 2.45) is 0 Å². The van der Waals surface area contributed by atoms with Crippen molar-refractivity contribution in [1.29, 1.82) is 0 Å². The molecule has 2 nitrogen and oxygen atoms in total. The second-order valence-corrected chi connectivity index (χ2v) is 4.01. The van der Waals surface area contributed by atoms with Gasteiger partial charge in [0.05, 0.1) is 11.4 Å². The smallest absolute Gasteiger partial charge is 0.0775 e. The van der Waals surface area contributed by atoms with E-state index in [1.807, 2.05) is 42.5 Å². The van der Waals surface area contributed by atoms with Crippen LogP contribution >= 0.6 is 23.4 Å². The number of hydrazine groups is 1. The highest BCUT2D eigenvalue weighted by Crippen LogP contribution is 2.21. The van der Waals surface area contributed by atoms with E-state index in [1.54, 1.807) is 12.1 Å². The van der Waals surface area contributed by atoms with Crippen LogP contribution in [0.25, 0.3) is 0 Å². The molecule has 2 aromatic rings. The molecule has 0 spiro atoms. The first-order valence-corrected chi connectivity index (χ1v) is 5.50. The number of anilines is 2. The van der Waals surface area contributed by atoms with Crippen molar-refractivity contribution >= 4 is 34.8 Å². The van der Waals surface area contributed by atoms with Gasteiger partial charge < -0.3 is 0 Å². The van der Waals surface area contributed by atoms with Gasteiger partial charge in [0.15, 0.2) is 0 Å². The van der Waals surface area contributed by atoms with E-state index in [4.69, 9.17) is 23.4 Å². The minimum atomic E-state index is 0.651. The van der Waals surface area contributed by atoms with Crippen molar-refractivity contribution in [3.8, 4) is 0 Å². The Balaban J connectivity index is 2.12. The summed E-state index contributed by atoms with van der Waals surface area (Å²) in [5.74, 6) is 0. The van der Waals surface area contributed by atoms with Gasteiger partial charge in [-0.25, -0.2) is 0 Å². The summed E-state index contributed by atoms with van der Waals surface area (Å²) in [7, 11) is 0. The maximum atomic E-state index is 6.08. The summed E-state index contributed by atoms with van der Waals surface area (Å²) in [5.41, 5.74) is 4.73. The minimum Gasteiger partial charge on any atom is -0.284 e. The fraction of sp³-hybridized carbons (Fsp3) is 0. The molecule has 0 bridgehead atoms. The molecule has 16 heavy (non-hydrogen) atoms. The average molecular weight is 253 g/mol. The van der Waals surface area contributed by atoms with Crippen molar-refractivity contribution in [3.63, 3.8) is 0 Å². The number of halogens is 2. The average Bonchev–Trinajstić information content (AvgIpc) is 2.30. The third-order valence-corrected chi connectivity index (χ3v) is 2.55. The Morgan fingerprint density at radius 2 is 1.69 bits per heavy atom. The second-order valence-electron chi connectivity index (χ2n) is 3.24. The van der Waals surface area contributed by atoms with Crippen LogP contribution in [0.1, 0.15) is 0 Å². The molecule has 0 aliphatic rings. The molecule has 2 rings (SSSR count). The SMILES string of the molecule is Clc1cccc(N(Cl)Nc2ccccc2)c1. The molecule has 0 amide bonds. The van der Waals surface area contributed by atoms with Crippen LogP contribution in [0.15, 0.2) is 54.6 Å². The molecule has 2 aromatic carbocycles. The highest BCUT2D eigenvalue weighted by atomic mass is 35.5. The number of benzene rings is 2. The number of nitrogens with zero attached hydrogens (tertiary/aromatic N) is 1. The summed E-state index contributed by atoms with van der Waals surface area (Å²) < 4.78 is 1.40. The van der Waals surface area contributed by atoms with Crippen LogP contribution < -0.4 is 9.95 Å². The predicted octanol–water partition coefficient (Wildman–Crippen LogP) is 4.33. The number of hydrogen-bond donors (Lipinski definition) is 1. The van der Waals surface area contributed by atoms with Gasteiger partial charge in [0.2, 0.25) is 0 Å². The monoisotopic (exact) mass is 252 g/mol. The van der Waals surface area contributed by atoms with Gasteiger partial charge in [-0.3, -0.25) is 5.43 Å². The Kier molecular flexibility index (Phi) is 3.54. The first kappa shape index (κ1) is 11.1. The second kappa shape index (κ2) is 5.10. The van der Waals surface area contributed by atoms with Crippen molar-refractivity contribution in [2.75, 3.05) is 9.95 Å². The minimum absolute atomic E-state index is 0.651. The highest BCUT2D eigenvalue weighted by molar-refractivity contribution is 6.31. The predicted molar refractivity (Wildman–Crippen MR) is 69.8 cm³/mol. The van der Waals surface area contributed by atoms with Crippen molar-refractivity contribution in [3.05, 3.63) is 59.6 Å². The van der Waals surface area contributed by atoms with Crippen LogP contribution in [0.5, 0.6) is 0 Å². The van der Waals surface area contributed by atoms with Gasteiger partial charge in [0.1, 0.15) is 0 Å². The van der Waals surface area contributed by atoms with E-state index in [9.17, 15) is 0 Å². The van der Waals surface area contributed by atoms with Crippen LogP contribution in [0, 0.1) is 0 Å². The van der Waals surface area contributed by atoms with Crippen molar-refractivity contribution in [2.45, 2.75) is 0 Å². The maximum absolute atomic E-state index is 6.08. The number of para-hydroxylation sites is 1. The summed E-state index contributed by atoms with van der Waals surface area (Å²) in [4.78, 5) is 0. The molecule has 0 saturated carbocycles. The van der Waals surface area contributed by atoms with Gasteiger partial charge in [-0.2, -0.15) is 4.53 Å². The lowest BCUT2D eigenvalue weighted by Crippen LogP contribution is -2.18.